The van der Waals surface area contributed by atoms with Crippen molar-refractivity contribution in [1.82, 2.24) is 9.88 Å². The molecule has 2 heterocycles. The number of aromatic nitrogens is 1. The summed E-state index contributed by atoms with van der Waals surface area (Å²) in [6, 6.07) is 10.9. The molecule has 1 saturated heterocycles. The van der Waals surface area contributed by atoms with Gasteiger partial charge in [0.1, 0.15) is 12.4 Å². The molecular weight excluding hydrogens is 332 g/mol. The zero-order valence-corrected chi connectivity index (χ0v) is 14.7. The molecule has 1 N–H and O–H groups in total. The van der Waals surface area contributed by atoms with Crippen LogP contribution < -0.4 is 4.74 Å². The summed E-state index contributed by atoms with van der Waals surface area (Å²) in [5.74, 6) is 0.368. The Morgan fingerprint density at radius 2 is 2.19 bits per heavy atom. The molecule has 0 radical (unpaired) electrons. The van der Waals surface area contributed by atoms with Gasteiger partial charge in [0.05, 0.1) is 18.3 Å². The maximum absolute atomic E-state index is 13.0. The molecule has 1 aromatic heterocycles. The highest BCUT2D eigenvalue weighted by Gasteiger charge is 2.21. The fourth-order valence-corrected chi connectivity index (χ4v) is 2.98. The van der Waals surface area contributed by atoms with Crippen LogP contribution in [-0.2, 0) is 11.3 Å². The molecule has 3 rings (SSSR count). The van der Waals surface area contributed by atoms with Crippen molar-refractivity contribution in [2.24, 2.45) is 0 Å². The summed E-state index contributed by atoms with van der Waals surface area (Å²) in [5.41, 5.74) is 1.40. The van der Waals surface area contributed by atoms with Crippen molar-refractivity contribution in [3.05, 3.63) is 59.9 Å². The smallest absolute Gasteiger partial charge is 0.257 e. The van der Waals surface area contributed by atoms with Crippen molar-refractivity contribution in [1.29, 1.82) is 0 Å². The first-order chi connectivity index (χ1) is 12.8. The maximum Gasteiger partial charge on any atom is 0.257 e. The summed E-state index contributed by atoms with van der Waals surface area (Å²) in [4.78, 5) is 18.7. The fourth-order valence-electron chi connectivity index (χ4n) is 2.98. The highest BCUT2D eigenvalue weighted by molar-refractivity contribution is 5.96. The predicted octanol–water partition coefficient (Wildman–Crippen LogP) is 2.27. The molecule has 0 unspecified atom stereocenters. The van der Waals surface area contributed by atoms with E-state index in [2.05, 4.69) is 4.98 Å². The van der Waals surface area contributed by atoms with Gasteiger partial charge in [0.15, 0.2) is 0 Å². The topological polar surface area (TPSA) is 71.9 Å². The number of aliphatic hydroxyl groups is 1. The molecular formula is C20H24N2O4. The van der Waals surface area contributed by atoms with Gasteiger partial charge in [0.25, 0.3) is 5.91 Å². The monoisotopic (exact) mass is 356 g/mol. The number of carbonyl (C=O) groups excluding carboxylic acids is 1. The van der Waals surface area contributed by atoms with E-state index in [4.69, 9.17) is 9.47 Å². The van der Waals surface area contributed by atoms with E-state index in [-0.39, 0.29) is 25.2 Å². The summed E-state index contributed by atoms with van der Waals surface area (Å²) in [7, 11) is 0. The molecule has 0 spiro atoms. The number of hydrogen-bond acceptors (Lipinski definition) is 5. The van der Waals surface area contributed by atoms with E-state index < -0.39 is 0 Å². The highest BCUT2D eigenvalue weighted by Crippen LogP contribution is 2.22. The Morgan fingerprint density at radius 3 is 2.92 bits per heavy atom. The summed E-state index contributed by atoms with van der Waals surface area (Å²) in [5, 5.41) is 9.37. The lowest BCUT2D eigenvalue weighted by Crippen LogP contribution is -2.33. The van der Waals surface area contributed by atoms with Crippen molar-refractivity contribution >= 4 is 5.91 Å². The average molecular weight is 356 g/mol. The van der Waals surface area contributed by atoms with E-state index in [1.807, 2.05) is 24.3 Å². The number of aliphatic hydroxyl groups excluding tert-OH is 1. The second-order valence-corrected chi connectivity index (χ2v) is 6.25. The van der Waals surface area contributed by atoms with Crippen molar-refractivity contribution in [2.75, 3.05) is 26.4 Å². The number of hydrogen-bond donors (Lipinski definition) is 1. The van der Waals surface area contributed by atoms with Crippen LogP contribution in [0.5, 0.6) is 5.75 Å². The minimum absolute atomic E-state index is 0.0853. The van der Waals surface area contributed by atoms with E-state index in [9.17, 15) is 9.90 Å². The molecule has 1 amide bonds. The Hall–Kier alpha value is -2.44. The highest BCUT2D eigenvalue weighted by atomic mass is 16.5. The average Bonchev–Trinajstić information content (AvgIpc) is 3.20. The Morgan fingerprint density at radius 1 is 1.31 bits per heavy atom. The van der Waals surface area contributed by atoms with E-state index >= 15 is 0 Å². The van der Waals surface area contributed by atoms with E-state index in [1.165, 1.54) is 0 Å². The van der Waals surface area contributed by atoms with Crippen LogP contribution in [0.15, 0.2) is 48.8 Å². The van der Waals surface area contributed by atoms with E-state index in [0.717, 1.165) is 25.0 Å². The van der Waals surface area contributed by atoms with Gasteiger partial charge < -0.3 is 19.5 Å². The first-order valence-corrected chi connectivity index (χ1v) is 8.90. The fraction of sp³-hybridized carbons (Fsp3) is 0.400. The standard InChI is InChI=1S/C20H24N2O4/c23-11-10-22(14-16-5-3-9-21-13-16)20(24)18-7-1-2-8-19(18)26-15-17-6-4-12-25-17/h1-3,5,7-9,13,17,23H,4,6,10-12,14-15H2/t17-/m1/s1. The first-order valence-electron chi connectivity index (χ1n) is 8.90. The van der Waals surface area contributed by atoms with Crippen LogP contribution in [0.1, 0.15) is 28.8 Å². The van der Waals surface area contributed by atoms with Crippen molar-refractivity contribution in [2.45, 2.75) is 25.5 Å². The first kappa shape index (κ1) is 18.4. The second-order valence-electron chi connectivity index (χ2n) is 6.25. The van der Waals surface area contributed by atoms with Gasteiger partial charge in [-0.2, -0.15) is 0 Å². The molecule has 6 heteroatoms. The number of benzene rings is 1. The lowest BCUT2D eigenvalue weighted by Gasteiger charge is -2.23. The number of carbonyl (C=O) groups is 1. The number of pyridine rings is 1. The second kappa shape index (κ2) is 9.31. The van der Waals surface area contributed by atoms with Crippen LogP contribution in [0, 0.1) is 0 Å². The van der Waals surface area contributed by atoms with Crippen LogP contribution in [0.4, 0.5) is 0 Å². The molecule has 0 saturated carbocycles. The maximum atomic E-state index is 13.0. The van der Waals surface area contributed by atoms with Crippen LogP contribution in [0.25, 0.3) is 0 Å². The number of rotatable bonds is 8. The Bertz CT molecular complexity index is 702. The number of amides is 1. The zero-order valence-electron chi connectivity index (χ0n) is 14.7. The third kappa shape index (κ3) is 4.80. The normalized spacial score (nSPS) is 16.4. The molecule has 1 fully saturated rings. The molecule has 6 nitrogen and oxygen atoms in total. The predicted molar refractivity (Wildman–Crippen MR) is 97.0 cm³/mol. The van der Waals surface area contributed by atoms with Crippen molar-refractivity contribution in [3.63, 3.8) is 0 Å². The summed E-state index contributed by atoms with van der Waals surface area (Å²) >= 11 is 0. The van der Waals surface area contributed by atoms with Gasteiger partial charge in [-0.25, -0.2) is 0 Å². The van der Waals surface area contributed by atoms with Crippen molar-refractivity contribution in [3.8, 4) is 5.75 Å². The van der Waals surface area contributed by atoms with Gasteiger partial charge in [0.2, 0.25) is 0 Å². The summed E-state index contributed by atoms with van der Waals surface area (Å²) < 4.78 is 11.5. The third-order valence-electron chi connectivity index (χ3n) is 4.32. The van der Waals surface area contributed by atoms with Gasteiger partial charge in [-0.05, 0) is 36.6 Å². The van der Waals surface area contributed by atoms with Gasteiger partial charge >= 0.3 is 0 Å². The lowest BCUT2D eigenvalue weighted by molar-refractivity contribution is 0.0636. The lowest BCUT2D eigenvalue weighted by atomic mass is 10.1. The van der Waals surface area contributed by atoms with Gasteiger partial charge in [-0.15, -0.1) is 0 Å². The SMILES string of the molecule is O=C(c1ccccc1OC[C@H]1CCCO1)N(CCO)Cc1cccnc1. The van der Waals surface area contributed by atoms with E-state index in [1.54, 1.807) is 29.4 Å². The minimum Gasteiger partial charge on any atom is -0.490 e. The van der Waals surface area contributed by atoms with Gasteiger partial charge in [-0.1, -0.05) is 18.2 Å². The quantitative estimate of drug-likeness (QED) is 0.786. The molecule has 1 aromatic carbocycles. The molecule has 2 aromatic rings. The van der Waals surface area contributed by atoms with Gasteiger partial charge in [0, 0.05) is 32.1 Å². The molecule has 1 atom stereocenters. The largest absolute Gasteiger partial charge is 0.490 e. The van der Waals surface area contributed by atoms with Crippen LogP contribution in [-0.4, -0.2) is 53.4 Å². The molecule has 0 bridgehead atoms. The zero-order chi connectivity index (χ0) is 18.2. The summed E-state index contributed by atoms with van der Waals surface area (Å²) in [6.07, 6.45) is 5.52. The Balaban J connectivity index is 1.73. The number of nitrogens with zero attached hydrogens (tertiary/aromatic N) is 2. The Labute approximate surface area is 153 Å². The number of para-hydroxylation sites is 1. The van der Waals surface area contributed by atoms with Crippen molar-refractivity contribution < 1.29 is 19.4 Å². The molecule has 26 heavy (non-hydrogen) atoms. The molecule has 138 valence electrons. The van der Waals surface area contributed by atoms with Gasteiger partial charge in [-0.3, -0.25) is 9.78 Å². The van der Waals surface area contributed by atoms with E-state index in [0.29, 0.717) is 24.5 Å². The summed E-state index contributed by atoms with van der Waals surface area (Å²) in [6.45, 7) is 1.73. The molecule has 1 aliphatic rings. The Kier molecular flexibility index (Phi) is 6.57. The van der Waals surface area contributed by atoms with Crippen LogP contribution >= 0.6 is 0 Å². The molecule has 1 aliphatic heterocycles. The third-order valence-corrected chi connectivity index (χ3v) is 4.32. The minimum atomic E-state index is -0.175. The number of ether oxygens (including phenoxy) is 2. The van der Waals surface area contributed by atoms with Crippen LogP contribution in [0.3, 0.4) is 0 Å². The van der Waals surface area contributed by atoms with Crippen LogP contribution in [0.2, 0.25) is 0 Å². The molecule has 0 aliphatic carbocycles.